The molecule has 3 heteroatoms. The lowest BCUT2D eigenvalue weighted by Gasteiger charge is -1.90. The maximum Gasteiger partial charge on any atom is 0.258 e. The SMILES string of the molecule is C=CC1C(CCO)C1(F)F. The monoisotopic (exact) mass is 148 g/mol. The third-order valence-corrected chi connectivity index (χ3v) is 1.96. The largest absolute Gasteiger partial charge is 0.396 e. The third kappa shape index (κ3) is 0.944. The fraction of sp³-hybridized carbons (Fsp3) is 0.714. The molecule has 0 amide bonds. The first-order valence-electron chi connectivity index (χ1n) is 3.25. The molecule has 0 bridgehead atoms. The fourth-order valence-electron chi connectivity index (χ4n) is 1.25. The summed E-state index contributed by atoms with van der Waals surface area (Å²) in [6, 6.07) is 0. The maximum atomic E-state index is 12.5. The molecule has 0 saturated heterocycles. The van der Waals surface area contributed by atoms with Gasteiger partial charge < -0.3 is 5.11 Å². The predicted octanol–water partition coefficient (Wildman–Crippen LogP) is 1.44. The molecule has 1 nitrogen and oxygen atoms in total. The Morgan fingerprint density at radius 3 is 2.50 bits per heavy atom. The van der Waals surface area contributed by atoms with E-state index in [0.29, 0.717) is 0 Å². The standard InChI is InChI=1S/C7H10F2O/c1-2-5-6(3-4-10)7(5,8)9/h2,5-6,10H,1,3-4H2. The number of halogens is 2. The highest BCUT2D eigenvalue weighted by Gasteiger charge is 2.65. The first-order valence-corrected chi connectivity index (χ1v) is 3.25. The van der Waals surface area contributed by atoms with Crippen LogP contribution in [0.4, 0.5) is 8.78 Å². The first-order chi connectivity index (χ1) is 4.64. The number of aliphatic hydroxyl groups excluding tert-OH is 1. The van der Waals surface area contributed by atoms with E-state index < -0.39 is 17.8 Å². The van der Waals surface area contributed by atoms with Gasteiger partial charge in [0.25, 0.3) is 5.92 Å². The lowest BCUT2D eigenvalue weighted by atomic mass is 10.2. The van der Waals surface area contributed by atoms with Crippen LogP contribution >= 0.6 is 0 Å². The van der Waals surface area contributed by atoms with Crippen LogP contribution < -0.4 is 0 Å². The van der Waals surface area contributed by atoms with Crippen molar-refractivity contribution in [2.24, 2.45) is 11.8 Å². The van der Waals surface area contributed by atoms with Gasteiger partial charge in [-0.25, -0.2) is 8.78 Å². The summed E-state index contributed by atoms with van der Waals surface area (Å²) >= 11 is 0. The van der Waals surface area contributed by atoms with Crippen molar-refractivity contribution in [2.75, 3.05) is 6.61 Å². The smallest absolute Gasteiger partial charge is 0.258 e. The van der Waals surface area contributed by atoms with Crippen molar-refractivity contribution in [2.45, 2.75) is 12.3 Å². The van der Waals surface area contributed by atoms with Crippen LogP contribution in [-0.4, -0.2) is 17.6 Å². The van der Waals surface area contributed by atoms with Gasteiger partial charge in [0.15, 0.2) is 0 Å². The van der Waals surface area contributed by atoms with E-state index in [2.05, 4.69) is 6.58 Å². The van der Waals surface area contributed by atoms with Crippen molar-refractivity contribution in [3.8, 4) is 0 Å². The van der Waals surface area contributed by atoms with Crippen molar-refractivity contribution in [3.63, 3.8) is 0 Å². The van der Waals surface area contributed by atoms with Gasteiger partial charge in [0.2, 0.25) is 0 Å². The van der Waals surface area contributed by atoms with Gasteiger partial charge in [0.05, 0.1) is 0 Å². The molecule has 1 aliphatic carbocycles. The summed E-state index contributed by atoms with van der Waals surface area (Å²) in [6.07, 6.45) is 1.45. The summed E-state index contributed by atoms with van der Waals surface area (Å²) in [5.74, 6) is -3.94. The molecular weight excluding hydrogens is 138 g/mol. The zero-order chi connectivity index (χ0) is 7.78. The van der Waals surface area contributed by atoms with E-state index >= 15 is 0 Å². The summed E-state index contributed by atoms with van der Waals surface area (Å²) in [5.41, 5.74) is 0. The molecule has 1 aliphatic rings. The normalized spacial score (nSPS) is 35.5. The Balaban J connectivity index is 2.44. The molecule has 0 aromatic carbocycles. The average Bonchev–Trinajstić information content (AvgIpc) is 2.36. The molecule has 1 fully saturated rings. The van der Waals surface area contributed by atoms with E-state index in [-0.39, 0.29) is 13.0 Å². The van der Waals surface area contributed by atoms with Gasteiger partial charge in [-0.15, -0.1) is 6.58 Å². The summed E-state index contributed by atoms with van der Waals surface area (Å²) < 4.78 is 24.9. The van der Waals surface area contributed by atoms with Crippen LogP contribution in [0.3, 0.4) is 0 Å². The molecule has 0 heterocycles. The van der Waals surface area contributed by atoms with Crippen LogP contribution in [0.5, 0.6) is 0 Å². The highest BCUT2D eigenvalue weighted by Crippen LogP contribution is 2.57. The van der Waals surface area contributed by atoms with Gasteiger partial charge in [-0.1, -0.05) is 6.08 Å². The minimum absolute atomic E-state index is 0.162. The second kappa shape index (κ2) is 2.31. The quantitative estimate of drug-likeness (QED) is 0.600. The number of hydrogen-bond donors (Lipinski definition) is 1. The molecule has 0 aromatic rings. The molecular formula is C7H10F2O. The van der Waals surface area contributed by atoms with Gasteiger partial charge in [0.1, 0.15) is 0 Å². The number of rotatable bonds is 3. The predicted molar refractivity (Wildman–Crippen MR) is 33.8 cm³/mol. The van der Waals surface area contributed by atoms with Crippen LogP contribution in [0.1, 0.15) is 6.42 Å². The van der Waals surface area contributed by atoms with Gasteiger partial charge in [-0.3, -0.25) is 0 Å². The van der Waals surface area contributed by atoms with Crippen LogP contribution in [0, 0.1) is 11.8 Å². The second-order valence-corrected chi connectivity index (χ2v) is 2.55. The maximum absolute atomic E-state index is 12.5. The molecule has 1 saturated carbocycles. The zero-order valence-electron chi connectivity index (χ0n) is 5.56. The van der Waals surface area contributed by atoms with Gasteiger partial charge in [-0.05, 0) is 6.42 Å². The molecule has 1 rings (SSSR count). The Morgan fingerprint density at radius 2 is 2.20 bits per heavy atom. The molecule has 1 N–H and O–H groups in total. The van der Waals surface area contributed by atoms with Crippen LogP contribution in [0.25, 0.3) is 0 Å². The molecule has 58 valence electrons. The van der Waals surface area contributed by atoms with E-state index in [1.54, 1.807) is 0 Å². The highest BCUT2D eigenvalue weighted by atomic mass is 19.3. The third-order valence-electron chi connectivity index (χ3n) is 1.96. The summed E-state index contributed by atoms with van der Waals surface area (Å²) in [4.78, 5) is 0. The minimum atomic E-state index is -2.59. The number of hydrogen-bond acceptors (Lipinski definition) is 1. The highest BCUT2D eigenvalue weighted by molar-refractivity contribution is 5.12. The topological polar surface area (TPSA) is 20.2 Å². The molecule has 0 radical (unpaired) electrons. The van der Waals surface area contributed by atoms with Crippen LogP contribution in [0.2, 0.25) is 0 Å². The Hall–Kier alpha value is -0.440. The Kier molecular flexibility index (Phi) is 1.77. The van der Waals surface area contributed by atoms with Crippen LogP contribution in [-0.2, 0) is 0 Å². The second-order valence-electron chi connectivity index (χ2n) is 2.55. The molecule has 2 unspecified atom stereocenters. The Bertz CT molecular complexity index is 145. The van der Waals surface area contributed by atoms with Crippen molar-refractivity contribution < 1.29 is 13.9 Å². The number of alkyl halides is 2. The summed E-state index contributed by atoms with van der Waals surface area (Å²) in [5, 5.41) is 8.35. The van der Waals surface area contributed by atoms with E-state index in [0.717, 1.165) is 0 Å². The van der Waals surface area contributed by atoms with Gasteiger partial charge in [0, 0.05) is 18.4 Å². The van der Waals surface area contributed by atoms with Crippen molar-refractivity contribution in [1.82, 2.24) is 0 Å². The van der Waals surface area contributed by atoms with E-state index in [1.807, 2.05) is 0 Å². The Morgan fingerprint density at radius 1 is 1.60 bits per heavy atom. The Labute approximate surface area is 58.4 Å². The van der Waals surface area contributed by atoms with E-state index in [9.17, 15) is 8.78 Å². The first kappa shape index (κ1) is 7.66. The average molecular weight is 148 g/mol. The number of aliphatic hydroxyl groups is 1. The molecule has 10 heavy (non-hydrogen) atoms. The van der Waals surface area contributed by atoms with Crippen molar-refractivity contribution in [1.29, 1.82) is 0 Å². The lowest BCUT2D eigenvalue weighted by molar-refractivity contribution is 0.0843. The van der Waals surface area contributed by atoms with E-state index in [1.165, 1.54) is 6.08 Å². The number of allylic oxidation sites excluding steroid dienone is 1. The van der Waals surface area contributed by atoms with Crippen molar-refractivity contribution >= 4 is 0 Å². The van der Waals surface area contributed by atoms with Crippen LogP contribution in [0.15, 0.2) is 12.7 Å². The van der Waals surface area contributed by atoms with Gasteiger partial charge in [-0.2, -0.15) is 0 Å². The molecule has 0 aromatic heterocycles. The summed E-state index contributed by atoms with van der Waals surface area (Å²) in [6.45, 7) is 3.13. The molecule has 0 spiro atoms. The summed E-state index contributed by atoms with van der Waals surface area (Å²) in [7, 11) is 0. The van der Waals surface area contributed by atoms with E-state index in [4.69, 9.17) is 5.11 Å². The van der Waals surface area contributed by atoms with Gasteiger partial charge >= 0.3 is 0 Å². The lowest BCUT2D eigenvalue weighted by Crippen LogP contribution is -1.95. The molecule has 2 atom stereocenters. The minimum Gasteiger partial charge on any atom is -0.396 e. The fourth-order valence-corrected chi connectivity index (χ4v) is 1.25. The van der Waals surface area contributed by atoms with Crippen molar-refractivity contribution in [3.05, 3.63) is 12.7 Å². The zero-order valence-corrected chi connectivity index (χ0v) is 5.56. The molecule has 0 aliphatic heterocycles.